The van der Waals surface area contributed by atoms with Crippen LogP contribution in [0.2, 0.25) is 0 Å². The number of aryl methyl sites for hydroxylation is 1. The van der Waals surface area contributed by atoms with E-state index in [1.807, 2.05) is 80.5 Å². The van der Waals surface area contributed by atoms with Crippen LogP contribution in [-0.2, 0) is 16.1 Å². The van der Waals surface area contributed by atoms with Crippen LogP contribution in [0.1, 0.15) is 27.3 Å². The molecular formula is C24H28N4O3. The average molecular weight is 421 g/mol. The molecule has 0 saturated carbocycles. The zero-order valence-electron chi connectivity index (χ0n) is 18.6. The maximum atomic E-state index is 12.7. The molecule has 162 valence electrons. The number of likely N-dealkylation sites (N-methyl/N-ethyl adjacent to an activating group) is 1. The van der Waals surface area contributed by atoms with Crippen molar-refractivity contribution in [3.05, 3.63) is 77.1 Å². The molecule has 1 amide bonds. The molecule has 2 aromatic carbocycles. The molecule has 0 atom stereocenters. The normalized spacial score (nSPS) is 10.6. The minimum absolute atomic E-state index is 0.268. The summed E-state index contributed by atoms with van der Waals surface area (Å²) in [5.41, 5.74) is 4.58. The topological polar surface area (TPSA) is 67.7 Å². The van der Waals surface area contributed by atoms with Gasteiger partial charge in [0.1, 0.15) is 5.56 Å². The third-order valence-corrected chi connectivity index (χ3v) is 5.12. The first-order valence-corrected chi connectivity index (χ1v) is 10.1. The van der Waals surface area contributed by atoms with Crippen LogP contribution in [0.25, 0.3) is 5.69 Å². The largest absolute Gasteiger partial charge is 0.452 e. The quantitative estimate of drug-likeness (QED) is 0.548. The van der Waals surface area contributed by atoms with E-state index in [2.05, 4.69) is 5.10 Å². The number of amides is 1. The molecular weight excluding hydrogens is 392 g/mol. The second-order valence-corrected chi connectivity index (χ2v) is 7.68. The van der Waals surface area contributed by atoms with E-state index in [1.165, 1.54) is 0 Å². The van der Waals surface area contributed by atoms with Gasteiger partial charge in [0.15, 0.2) is 6.61 Å². The van der Waals surface area contributed by atoms with Gasteiger partial charge in [-0.2, -0.15) is 5.10 Å². The highest BCUT2D eigenvalue weighted by atomic mass is 16.5. The lowest BCUT2D eigenvalue weighted by molar-refractivity contribution is -0.133. The Hall–Kier alpha value is -3.61. The number of para-hydroxylation sites is 1. The summed E-state index contributed by atoms with van der Waals surface area (Å²) in [7, 11) is 5.65. The fourth-order valence-corrected chi connectivity index (χ4v) is 3.33. The summed E-state index contributed by atoms with van der Waals surface area (Å²) < 4.78 is 7.03. The first-order chi connectivity index (χ1) is 14.8. The number of hydrogen-bond donors (Lipinski definition) is 0. The van der Waals surface area contributed by atoms with Crippen LogP contribution in [0, 0.1) is 13.8 Å². The molecule has 0 bridgehead atoms. The molecule has 0 spiro atoms. The predicted octanol–water partition coefficient (Wildman–Crippen LogP) is 3.37. The number of benzene rings is 2. The average Bonchev–Trinajstić information content (AvgIpc) is 3.06. The van der Waals surface area contributed by atoms with Crippen molar-refractivity contribution < 1.29 is 14.3 Å². The first-order valence-electron chi connectivity index (χ1n) is 10.1. The number of aromatic nitrogens is 2. The second-order valence-electron chi connectivity index (χ2n) is 7.68. The minimum atomic E-state index is -0.547. The SMILES string of the molecule is Cc1nn(-c2ccccc2)c(C)c1C(=O)OCC(=O)N(C)Cc1ccc(N(C)C)cc1. The molecule has 1 aromatic heterocycles. The van der Waals surface area contributed by atoms with Crippen molar-refractivity contribution in [3.63, 3.8) is 0 Å². The molecule has 7 heteroatoms. The number of esters is 1. The molecule has 0 aliphatic carbocycles. The van der Waals surface area contributed by atoms with Crippen molar-refractivity contribution in [2.75, 3.05) is 32.6 Å². The Morgan fingerprint density at radius 2 is 1.61 bits per heavy atom. The molecule has 0 saturated heterocycles. The number of carbonyl (C=O) groups is 2. The number of anilines is 1. The maximum absolute atomic E-state index is 12.7. The van der Waals surface area contributed by atoms with Crippen molar-refractivity contribution in [1.82, 2.24) is 14.7 Å². The van der Waals surface area contributed by atoms with E-state index in [1.54, 1.807) is 23.6 Å². The Bertz CT molecular complexity index is 1060. The molecule has 3 aromatic rings. The molecule has 3 rings (SSSR count). The van der Waals surface area contributed by atoms with Crippen molar-refractivity contribution in [2.24, 2.45) is 0 Å². The van der Waals surface area contributed by atoms with Gasteiger partial charge in [-0.25, -0.2) is 9.48 Å². The van der Waals surface area contributed by atoms with Crippen LogP contribution in [0.3, 0.4) is 0 Å². The van der Waals surface area contributed by atoms with E-state index in [-0.39, 0.29) is 12.5 Å². The zero-order valence-corrected chi connectivity index (χ0v) is 18.6. The van der Waals surface area contributed by atoms with Crippen molar-refractivity contribution in [1.29, 1.82) is 0 Å². The third-order valence-electron chi connectivity index (χ3n) is 5.12. The van der Waals surface area contributed by atoms with Gasteiger partial charge in [-0.3, -0.25) is 4.79 Å². The molecule has 7 nitrogen and oxygen atoms in total. The minimum Gasteiger partial charge on any atom is -0.452 e. The van der Waals surface area contributed by atoms with Gasteiger partial charge in [-0.15, -0.1) is 0 Å². The molecule has 0 radical (unpaired) electrons. The van der Waals surface area contributed by atoms with E-state index < -0.39 is 5.97 Å². The Labute approximate surface area is 182 Å². The van der Waals surface area contributed by atoms with E-state index >= 15 is 0 Å². The summed E-state index contributed by atoms with van der Waals surface area (Å²) in [6, 6.07) is 17.5. The summed E-state index contributed by atoms with van der Waals surface area (Å²) in [5, 5.41) is 4.46. The van der Waals surface area contributed by atoms with Gasteiger partial charge in [0.05, 0.1) is 17.1 Å². The van der Waals surface area contributed by atoms with E-state index in [9.17, 15) is 9.59 Å². The fraction of sp³-hybridized carbons (Fsp3) is 0.292. The molecule has 1 heterocycles. The second kappa shape index (κ2) is 9.47. The number of hydrogen-bond acceptors (Lipinski definition) is 5. The van der Waals surface area contributed by atoms with E-state index in [0.717, 1.165) is 16.9 Å². The van der Waals surface area contributed by atoms with Gasteiger partial charge in [-0.05, 0) is 43.7 Å². The van der Waals surface area contributed by atoms with Gasteiger partial charge >= 0.3 is 5.97 Å². The third kappa shape index (κ3) is 5.12. The van der Waals surface area contributed by atoms with Crippen LogP contribution in [-0.4, -0.2) is 54.3 Å². The van der Waals surface area contributed by atoms with Crippen molar-refractivity contribution in [2.45, 2.75) is 20.4 Å². The maximum Gasteiger partial charge on any atom is 0.342 e. The predicted molar refractivity (Wildman–Crippen MR) is 121 cm³/mol. The molecule has 0 aliphatic heterocycles. The summed E-state index contributed by atoms with van der Waals surface area (Å²) >= 11 is 0. The lowest BCUT2D eigenvalue weighted by atomic mass is 10.2. The Kier molecular flexibility index (Phi) is 6.74. The summed E-state index contributed by atoms with van der Waals surface area (Å²) in [4.78, 5) is 28.7. The highest BCUT2D eigenvalue weighted by Crippen LogP contribution is 2.19. The van der Waals surface area contributed by atoms with Gasteiger partial charge < -0.3 is 14.5 Å². The van der Waals surface area contributed by atoms with Gasteiger partial charge in [0, 0.05) is 33.4 Å². The molecule has 0 aliphatic rings. The molecule has 0 fully saturated rings. The Morgan fingerprint density at radius 1 is 0.968 bits per heavy atom. The van der Waals surface area contributed by atoms with E-state index in [0.29, 0.717) is 23.5 Å². The smallest absolute Gasteiger partial charge is 0.342 e. The van der Waals surface area contributed by atoms with Crippen LogP contribution < -0.4 is 4.90 Å². The molecule has 0 unspecified atom stereocenters. The van der Waals surface area contributed by atoms with Crippen LogP contribution in [0.4, 0.5) is 5.69 Å². The highest BCUT2D eigenvalue weighted by Gasteiger charge is 2.22. The number of nitrogens with zero attached hydrogens (tertiary/aromatic N) is 4. The number of carbonyl (C=O) groups excluding carboxylic acids is 2. The van der Waals surface area contributed by atoms with Gasteiger partial charge in [-0.1, -0.05) is 30.3 Å². The summed E-state index contributed by atoms with van der Waals surface area (Å²) in [5.74, 6) is -0.815. The van der Waals surface area contributed by atoms with E-state index in [4.69, 9.17) is 4.74 Å². The Morgan fingerprint density at radius 3 is 2.23 bits per heavy atom. The summed E-state index contributed by atoms with van der Waals surface area (Å²) in [6.07, 6.45) is 0. The van der Waals surface area contributed by atoms with Crippen molar-refractivity contribution >= 4 is 17.6 Å². The van der Waals surface area contributed by atoms with Gasteiger partial charge in [0.2, 0.25) is 0 Å². The zero-order chi connectivity index (χ0) is 22.5. The highest BCUT2D eigenvalue weighted by molar-refractivity contribution is 5.93. The first kappa shape index (κ1) is 22.1. The fourth-order valence-electron chi connectivity index (χ4n) is 3.33. The number of ether oxygens (including phenoxy) is 1. The lowest BCUT2D eigenvalue weighted by Gasteiger charge is -2.18. The van der Waals surface area contributed by atoms with Crippen LogP contribution >= 0.6 is 0 Å². The Balaban J connectivity index is 1.61. The standard InChI is InChI=1S/C24H28N4O3/c1-17-23(18(2)28(25-17)21-9-7-6-8-10-21)24(30)31-16-22(29)27(5)15-19-11-13-20(14-12-19)26(3)4/h6-14H,15-16H2,1-5H3. The number of rotatable bonds is 7. The van der Waals surface area contributed by atoms with Crippen molar-refractivity contribution in [3.8, 4) is 5.69 Å². The monoisotopic (exact) mass is 420 g/mol. The van der Waals surface area contributed by atoms with Gasteiger partial charge in [0.25, 0.3) is 5.91 Å². The van der Waals surface area contributed by atoms with Crippen LogP contribution in [0.15, 0.2) is 54.6 Å². The van der Waals surface area contributed by atoms with Crippen LogP contribution in [0.5, 0.6) is 0 Å². The molecule has 0 N–H and O–H groups in total. The summed E-state index contributed by atoms with van der Waals surface area (Å²) in [6.45, 7) is 3.69. The lowest BCUT2D eigenvalue weighted by Crippen LogP contribution is -2.31. The molecule has 31 heavy (non-hydrogen) atoms.